The molecule has 0 saturated carbocycles. The molecule has 1 aromatic carbocycles. The van der Waals surface area contributed by atoms with Crippen molar-refractivity contribution in [2.24, 2.45) is 0 Å². The SMILES string of the molecule is CNS(=O)(=O)c1cc(I)ccc1Br. The van der Waals surface area contributed by atoms with Crippen LogP contribution in [-0.4, -0.2) is 15.5 Å². The fourth-order valence-corrected chi connectivity index (χ4v) is 3.21. The topological polar surface area (TPSA) is 46.2 Å². The van der Waals surface area contributed by atoms with Crippen LogP contribution in [0, 0.1) is 3.57 Å². The molecule has 0 unspecified atom stereocenters. The maximum absolute atomic E-state index is 11.4. The first kappa shape index (κ1) is 11.4. The second kappa shape index (κ2) is 4.24. The molecule has 0 heterocycles. The first-order valence-electron chi connectivity index (χ1n) is 3.36. The smallest absolute Gasteiger partial charge is 0.214 e. The van der Waals surface area contributed by atoms with Crippen LogP contribution in [0.15, 0.2) is 27.6 Å². The quantitative estimate of drug-likeness (QED) is 0.803. The van der Waals surface area contributed by atoms with Gasteiger partial charge in [0.15, 0.2) is 0 Å². The largest absolute Gasteiger partial charge is 0.241 e. The molecule has 0 radical (unpaired) electrons. The molecule has 1 aromatic rings. The van der Waals surface area contributed by atoms with E-state index in [-0.39, 0.29) is 4.90 Å². The Hall–Kier alpha value is 0.340. The van der Waals surface area contributed by atoms with Gasteiger partial charge in [-0.25, -0.2) is 13.1 Å². The van der Waals surface area contributed by atoms with E-state index in [9.17, 15) is 8.42 Å². The molecule has 0 spiro atoms. The second-order valence-electron chi connectivity index (χ2n) is 2.28. The zero-order valence-electron chi connectivity index (χ0n) is 6.71. The van der Waals surface area contributed by atoms with Crippen molar-refractivity contribution >= 4 is 48.5 Å². The molecule has 1 N–H and O–H groups in total. The van der Waals surface area contributed by atoms with E-state index in [1.54, 1.807) is 12.1 Å². The van der Waals surface area contributed by atoms with Gasteiger partial charge in [-0.05, 0) is 63.8 Å². The van der Waals surface area contributed by atoms with Gasteiger partial charge in [0.25, 0.3) is 0 Å². The summed E-state index contributed by atoms with van der Waals surface area (Å²) in [5, 5.41) is 0. The van der Waals surface area contributed by atoms with E-state index in [4.69, 9.17) is 0 Å². The summed E-state index contributed by atoms with van der Waals surface area (Å²) in [7, 11) is -1.96. The highest BCUT2D eigenvalue weighted by molar-refractivity contribution is 14.1. The highest BCUT2D eigenvalue weighted by Gasteiger charge is 2.15. The van der Waals surface area contributed by atoms with Crippen LogP contribution in [0.4, 0.5) is 0 Å². The van der Waals surface area contributed by atoms with Crippen LogP contribution in [0.2, 0.25) is 0 Å². The molecular formula is C7H7BrINO2S. The molecule has 0 aliphatic heterocycles. The van der Waals surface area contributed by atoms with Crippen LogP contribution in [0.3, 0.4) is 0 Å². The summed E-state index contributed by atoms with van der Waals surface area (Å²) in [6.45, 7) is 0. The third kappa shape index (κ3) is 2.64. The summed E-state index contributed by atoms with van der Waals surface area (Å²) in [6, 6.07) is 5.15. The molecule has 13 heavy (non-hydrogen) atoms. The molecule has 0 bridgehead atoms. The Morgan fingerprint density at radius 3 is 2.62 bits per heavy atom. The Labute approximate surface area is 99.2 Å². The maximum atomic E-state index is 11.4. The minimum absolute atomic E-state index is 0.266. The Balaban J connectivity index is 3.38. The number of nitrogens with one attached hydrogen (secondary N) is 1. The van der Waals surface area contributed by atoms with E-state index in [0.29, 0.717) is 4.47 Å². The fraction of sp³-hybridized carbons (Fsp3) is 0.143. The van der Waals surface area contributed by atoms with Gasteiger partial charge < -0.3 is 0 Å². The molecule has 0 aromatic heterocycles. The van der Waals surface area contributed by atoms with Crippen LogP contribution in [0.25, 0.3) is 0 Å². The average molecular weight is 376 g/mol. The Morgan fingerprint density at radius 1 is 1.46 bits per heavy atom. The normalized spacial score (nSPS) is 11.6. The van der Waals surface area contributed by atoms with Crippen molar-refractivity contribution in [3.05, 3.63) is 26.2 Å². The minimum Gasteiger partial charge on any atom is -0.214 e. The standard InChI is InChI=1S/C7H7BrINO2S/c1-10-13(11,12)7-4-5(9)2-3-6(7)8/h2-4,10H,1H3. The minimum atomic E-state index is -3.35. The fourth-order valence-electron chi connectivity index (χ4n) is 0.793. The molecular weight excluding hydrogens is 369 g/mol. The van der Waals surface area contributed by atoms with E-state index >= 15 is 0 Å². The first-order chi connectivity index (χ1) is 5.97. The highest BCUT2D eigenvalue weighted by Crippen LogP contribution is 2.23. The number of rotatable bonds is 2. The highest BCUT2D eigenvalue weighted by atomic mass is 127. The lowest BCUT2D eigenvalue weighted by molar-refractivity contribution is 0.587. The van der Waals surface area contributed by atoms with E-state index < -0.39 is 10.0 Å². The van der Waals surface area contributed by atoms with Gasteiger partial charge >= 0.3 is 0 Å². The van der Waals surface area contributed by atoms with Crippen LogP contribution >= 0.6 is 38.5 Å². The van der Waals surface area contributed by atoms with Crippen LogP contribution in [0.5, 0.6) is 0 Å². The lowest BCUT2D eigenvalue weighted by atomic mass is 10.4. The zero-order chi connectivity index (χ0) is 10.1. The van der Waals surface area contributed by atoms with E-state index in [1.807, 2.05) is 6.07 Å². The number of sulfonamides is 1. The van der Waals surface area contributed by atoms with Crippen molar-refractivity contribution in [1.29, 1.82) is 0 Å². The second-order valence-corrected chi connectivity index (χ2v) is 6.24. The van der Waals surface area contributed by atoms with Crippen LogP contribution < -0.4 is 4.72 Å². The number of benzene rings is 1. The molecule has 0 amide bonds. The third-order valence-electron chi connectivity index (χ3n) is 1.45. The maximum Gasteiger partial charge on any atom is 0.241 e. The monoisotopic (exact) mass is 375 g/mol. The van der Waals surface area contributed by atoms with Crippen molar-refractivity contribution in [3.8, 4) is 0 Å². The van der Waals surface area contributed by atoms with Gasteiger partial charge in [-0.2, -0.15) is 0 Å². The van der Waals surface area contributed by atoms with Gasteiger partial charge in [0, 0.05) is 8.04 Å². The lowest BCUT2D eigenvalue weighted by Gasteiger charge is -2.04. The van der Waals surface area contributed by atoms with Crippen molar-refractivity contribution in [1.82, 2.24) is 4.72 Å². The van der Waals surface area contributed by atoms with Gasteiger partial charge in [-0.3, -0.25) is 0 Å². The molecule has 6 heteroatoms. The van der Waals surface area contributed by atoms with Gasteiger partial charge in [0.2, 0.25) is 10.0 Å². The summed E-state index contributed by atoms with van der Waals surface area (Å²) < 4.78 is 26.6. The molecule has 72 valence electrons. The summed E-state index contributed by atoms with van der Waals surface area (Å²) in [5.41, 5.74) is 0. The van der Waals surface area contributed by atoms with Gasteiger partial charge in [0.1, 0.15) is 0 Å². The van der Waals surface area contributed by atoms with Crippen LogP contribution in [0.1, 0.15) is 0 Å². The van der Waals surface area contributed by atoms with E-state index in [1.165, 1.54) is 7.05 Å². The molecule has 0 aliphatic carbocycles. The summed E-state index contributed by atoms with van der Waals surface area (Å²) in [5.74, 6) is 0. The number of hydrogen-bond acceptors (Lipinski definition) is 2. The predicted molar refractivity (Wildman–Crippen MR) is 63.1 cm³/mol. The third-order valence-corrected chi connectivity index (χ3v) is 4.53. The van der Waals surface area contributed by atoms with Gasteiger partial charge in [-0.15, -0.1) is 0 Å². The Kier molecular flexibility index (Phi) is 3.73. The zero-order valence-corrected chi connectivity index (χ0v) is 11.3. The summed E-state index contributed by atoms with van der Waals surface area (Å²) in [4.78, 5) is 0.266. The molecule has 0 saturated heterocycles. The predicted octanol–water partition coefficient (Wildman–Crippen LogP) is 1.96. The molecule has 0 fully saturated rings. The van der Waals surface area contributed by atoms with E-state index in [2.05, 4.69) is 43.2 Å². The van der Waals surface area contributed by atoms with Crippen LogP contribution in [-0.2, 0) is 10.0 Å². The Bertz CT molecular complexity index is 419. The van der Waals surface area contributed by atoms with Crippen molar-refractivity contribution in [2.75, 3.05) is 7.05 Å². The van der Waals surface area contributed by atoms with Gasteiger partial charge in [-0.1, -0.05) is 0 Å². The molecule has 0 aliphatic rings. The summed E-state index contributed by atoms with van der Waals surface area (Å²) >= 11 is 5.25. The molecule has 3 nitrogen and oxygen atoms in total. The summed E-state index contributed by atoms with van der Waals surface area (Å²) in [6.07, 6.45) is 0. The first-order valence-corrected chi connectivity index (χ1v) is 6.71. The number of hydrogen-bond donors (Lipinski definition) is 1. The van der Waals surface area contributed by atoms with Gasteiger partial charge in [0.05, 0.1) is 4.90 Å². The van der Waals surface area contributed by atoms with E-state index in [0.717, 1.165) is 3.57 Å². The Morgan fingerprint density at radius 2 is 2.08 bits per heavy atom. The van der Waals surface area contributed by atoms with Crippen molar-refractivity contribution in [2.45, 2.75) is 4.90 Å². The molecule has 1 rings (SSSR count). The van der Waals surface area contributed by atoms with Crippen molar-refractivity contribution < 1.29 is 8.42 Å². The molecule has 0 atom stereocenters. The van der Waals surface area contributed by atoms with Crippen molar-refractivity contribution in [3.63, 3.8) is 0 Å². The lowest BCUT2D eigenvalue weighted by Crippen LogP contribution is -2.19. The average Bonchev–Trinajstić information content (AvgIpc) is 2.09. The number of halogens is 2.